The molecule has 0 bridgehead atoms. The van der Waals surface area contributed by atoms with Gasteiger partial charge < -0.3 is 10.2 Å². The van der Waals surface area contributed by atoms with Gasteiger partial charge in [-0.15, -0.1) is 0 Å². The number of phenolic OH excluding ortho intramolecular Hbond substituents is 2. The van der Waals surface area contributed by atoms with Crippen molar-refractivity contribution in [2.24, 2.45) is 0 Å². The first kappa shape index (κ1) is 13.2. The lowest BCUT2D eigenvalue weighted by atomic mass is 9.98. The number of Topliss-reactive ketones (excluding diaryl/α,β-unsaturated/α-hetero) is 1. The zero-order valence-electron chi connectivity index (χ0n) is 9.87. The Bertz CT molecular complexity index is 563. The predicted octanol–water partition coefficient (Wildman–Crippen LogP) is 2.14. The molecule has 4 heteroatoms. The second kappa shape index (κ2) is 5.57. The van der Waals surface area contributed by atoms with Gasteiger partial charge in [0.05, 0.1) is 5.57 Å². The number of nitriles is 1. The number of rotatable bonds is 3. The third-order valence-electron chi connectivity index (χ3n) is 2.60. The van der Waals surface area contributed by atoms with Crippen LogP contribution in [0.4, 0.5) is 0 Å². The molecule has 0 saturated heterocycles. The van der Waals surface area contributed by atoms with Gasteiger partial charge in [0.15, 0.2) is 11.5 Å². The van der Waals surface area contributed by atoms with Crippen LogP contribution in [-0.4, -0.2) is 16.0 Å². The van der Waals surface area contributed by atoms with Crippen molar-refractivity contribution in [3.8, 4) is 17.6 Å². The zero-order valence-corrected chi connectivity index (χ0v) is 9.87. The highest BCUT2D eigenvalue weighted by Gasteiger charge is 2.19. The van der Waals surface area contributed by atoms with Crippen LogP contribution in [0.1, 0.15) is 10.4 Å². The molecule has 93 valence electrons. The van der Waals surface area contributed by atoms with Crippen LogP contribution in [0.5, 0.6) is 11.5 Å². The standard InChI is InChI=1S/C15H10NO3/c16-9-12(7-10-3-1-2-4-10)15(19)11-5-6-13(17)14(18)8-11/h1-8,17-18H/b12-7+. The minimum absolute atomic E-state index is 0.0312. The first-order chi connectivity index (χ1) is 9.11. The minimum Gasteiger partial charge on any atom is -0.504 e. The van der Waals surface area contributed by atoms with Gasteiger partial charge in [-0.1, -0.05) is 6.08 Å². The second-order valence-corrected chi connectivity index (χ2v) is 3.92. The molecule has 4 nitrogen and oxygen atoms in total. The molecule has 1 aromatic carbocycles. The van der Waals surface area contributed by atoms with Crippen LogP contribution in [0.25, 0.3) is 0 Å². The Morgan fingerprint density at radius 3 is 2.42 bits per heavy atom. The molecule has 1 aromatic rings. The van der Waals surface area contributed by atoms with E-state index in [1.54, 1.807) is 25.7 Å². The predicted molar refractivity (Wildman–Crippen MR) is 68.2 cm³/mol. The number of ketones is 1. The number of carbonyl (C=O) groups is 1. The van der Waals surface area contributed by atoms with Crippen LogP contribution in [0, 0.1) is 42.9 Å². The fourth-order valence-electron chi connectivity index (χ4n) is 1.62. The molecular formula is C15H10NO3. The Morgan fingerprint density at radius 1 is 1.16 bits per heavy atom. The number of phenols is 2. The van der Waals surface area contributed by atoms with E-state index in [2.05, 4.69) is 0 Å². The molecule has 1 saturated carbocycles. The Hall–Kier alpha value is -2.28. The van der Waals surface area contributed by atoms with Gasteiger partial charge in [0, 0.05) is 11.5 Å². The number of benzene rings is 1. The molecule has 5 radical (unpaired) electrons. The van der Waals surface area contributed by atoms with Crippen LogP contribution < -0.4 is 0 Å². The van der Waals surface area contributed by atoms with E-state index in [1.807, 2.05) is 6.07 Å². The van der Waals surface area contributed by atoms with Crippen molar-refractivity contribution in [1.82, 2.24) is 0 Å². The van der Waals surface area contributed by atoms with Crippen LogP contribution in [0.15, 0.2) is 29.8 Å². The minimum atomic E-state index is -0.501. The molecular weight excluding hydrogens is 242 g/mol. The average Bonchev–Trinajstić information content (AvgIpc) is 2.91. The molecule has 1 aliphatic carbocycles. The van der Waals surface area contributed by atoms with Crippen molar-refractivity contribution in [1.29, 1.82) is 5.26 Å². The normalized spacial score (nSPS) is 16.3. The summed E-state index contributed by atoms with van der Waals surface area (Å²) < 4.78 is 0. The van der Waals surface area contributed by atoms with Crippen LogP contribution in [0.2, 0.25) is 0 Å². The van der Waals surface area contributed by atoms with Crippen molar-refractivity contribution in [2.75, 3.05) is 0 Å². The van der Waals surface area contributed by atoms with Crippen molar-refractivity contribution < 1.29 is 15.0 Å². The number of nitrogens with zero attached hydrogens (tertiary/aromatic N) is 1. The Kier molecular flexibility index (Phi) is 3.86. The fraction of sp³-hybridized carbons (Fsp3) is 0. The maximum Gasteiger partial charge on any atom is 0.203 e. The molecule has 0 unspecified atom stereocenters. The van der Waals surface area contributed by atoms with E-state index < -0.39 is 11.5 Å². The lowest BCUT2D eigenvalue weighted by Crippen LogP contribution is -2.03. The molecule has 0 aliphatic heterocycles. The largest absolute Gasteiger partial charge is 0.504 e. The van der Waals surface area contributed by atoms with Crippen LogP contribution in [0.3, 0.4) is 0 Å². The molecule has 0 spiro atoms. The van der Waals surface area contributed by atoms with Gasteiger partial charge in [-0.2, -0.15) is 5.26 Å². The van der Waals surface area contributed by atoms with E-state index in [9.17, 15) is 15.0 Å². The Morgan fingerprint density at radius 2 is 1.84 bits per heavy atom. The number of hydrogen-bond acceptors (Lipinski definition) is 4. The smallest absolute Gasteiger partial charge is 0.203 e. The molecule has 0 amide bonds. The Labute approximate surface area is 111 Å². The summed E-state index contributed by atoms with van der Waals surface area (Å²) in [5.41, 5.74) is 0.117. The van der Waals surface area contributed by atoms with Crippen molar-refractivity contribution in [3.63, 3.8) is 0 Å². The van der Waals surface area contributed by atoms with E-state index in [1.165, 1.54) is 18.2 Å². The molecule has 2 N–H and O–H groups in total. The number of aromatic hydroxyl groups is 2. The number of carbonyl (C=O) groups excluding carboxylic acids is 1. The summed E-state index contributed by atoms with van der Waals surface area (Å²) in [7, 11) is 0. The third kappa shape index (κ3) is 2.94. The summed E-state index contributed by atoms with van der Waals surface area (Å²) in [6.45, 7) is 0. The van der Waals surface area contributed by atoms with E-state index in [4.69, 9.17) is 5.26 Å². The van der Waals surface area contributed by atoms with Crippen molar-refractivity contribution >= 4 is 5.78 Å². The molecule has 19 heavy (non-hydrogen) atoms. The molecule has 0 heterocycles. The quantitative estimate of drug-likeness (QED) is 0.374. The number of hydrogen-bond donors (Lipinski definition) is 2. The highest BCUT2D eigenvalue weighted by Crippen LogP contribution is 2.28. The first-order valence-electron chi connectivity index (χ1n) is 5.52. The highest BCUT2D eigenvalue weighted by molar-refractivity contribution is 6.11. The highest BCUT2D eigenvalue weighted by atomic mass is 16.3. The van der Waals surface area contributed by atoms with Gasteiger partial charge in [0.1, 0.15) is 6.07 Å². The van der Waals surface area contributed by atoms with Gasteiger partial charge in [-0.3, -0.25) is 4.79 Å². The van der Waals surface area contributed by atoms with E-state index in [0.717, 1.165) is 12.0 Å². The van der Waals surface area contributed by atoms with Crippen LogP contribution in [-0.2, 0) is 0 Å². The lowest BCUT2D eigenvalue weighted by molar-refractivity contribution is 0.103. The summed E-state index contributed by atoms with van der Waals surface area (Å²) in [4.78, 5) is 12.1. The SMILES string of the molecule is N#C/C(=C\[C]1[CH][CH][CH][CH]1)C(=O)c1ccc(O)c(O)c1. The van der Waals surface area contributed by atoms with Gasteiger partial charge in [-0.25, -0.2) is 0 Å². The summed E-state index contributed by atoms with van der Waals surface area (Å²) in [6.07, 6.45) is 8.64. The molecule has 1 aliphatic rings. The maximum atomic E-state index is 12.1. The second-order valence-electron chi connectivity index (χ2n) is 3.92. The van der Waals surface area contributed by atoms with Gasteiger partial charge in [0.25, 0.3) is 0 Å². The lowest BCUT2D eigenvalue weighted by Gasteiger charge is -2.04. The fourth-order valence-corrected chi connectivity index (χ4v) is 1.62. The van der Waals surface area contributed by atoms with Crippen LogP contribution >= 0.6 is 0 Å². The van der Waals surface area contributed by atoms with E-state index in [0.29, 0.717) is 0 Å². The Balaban J connectivity index is 2.25. The zero-order chi connectivity index (χ0) is 13.8. The average molecular weight is 252 g/mol. The molecule has 1 fully saturated rings. The first-order valence-corrected chi connectivity index (χ1v) is 5.52. The van der Waals surface area contributed by atoms with E-state index in [-0.39, 0.29) is 16.9 Å². The molecule has 0 atom stereocenters. The van der Waals surface area contributed by atoms with E-state index >= 15 is 0 Å². The molecule has 0 aromatic heterocycles. The van der Waals surface area contributed by atoms with Crippen molar-refractivity contribution in [2.45, 2.75) is 0 Å². The summed E-state index contributed by atoms with van der Waals surface area (Å²) >= 11 is 0. The topological polar surface area (TPSA) is 81.3 Å². The third-order valence-corrected chi connectivity index (χ3v) is 2.60. The summed E-state index contributed by atoms with van der Waals surface area (Å²) in [6, 6.07) is 5.54. The summed E-state index contributed by atoms with van der Waals surface area (Å²) in [5.74, 6) is -0.446. The van der Waals surface area contributed by atoms with Gasteiger partial charge in [0.2, 0.25) is 5.78 Å². The van der Waals surface area contributed by atoms with Crippen molar-refractivity contribution in [3.05, 3.63) is 67.0 Å². The monoisotopic (exact) mass is 252 g/mol. The maximum absolute atomic E-state index is 12.1. The van der Waals surface area contributed by atoms with Gasteiger partial charge >= 0.3 is 0 Å². The number of allylic oxidation sites excluding steroid dienone is 2. The summed E-state index contributed by atoms with van der Waals surface area (Å²) in [5, 5.41) is 27.6. The molecule has 2 rings (SSSR count). The van der Waals surface area contributed by atoms with Gasteiger partial charge in [-0.05, 0) is 43.9 Å².